The van der Waals surface area contributed by atoms with Gasteiger partial charge >= 0.3 is 0 Å². The van der Waals surface area contributed by atoms with E-state index in [9.17, 15) is 5.11 Å². The number of aliphatic hydroxyl groups is 1. The third-order valence-electron chi connectivity index (χ3n) is 4.28. The Morgan fingerprint density at radius 1 is 1.22 bits per heavy atom. The minimum absolute atomic E-state index is 0.282. The van der Waals surface area contributed by atoms with Crippen LogP contribution in [0.4, 0.5) is 0 Å². The van der Waals surface area contributed by atoms with Crippen molar-refractivity contribution in [2.24, 2.45) is 5.92 Å². The summed E-state index contributed by atoms with van der Waals surface area (Å²) in [6.45, 7) is 0.282. The Morgan fingerprint density at radius 3 is 2.72 bits per heavy atom. The molecule has 0 bridgehead atoms. The Labute approximate surface area is 110 Å². The molecule has 1 aliphatic rings. The van der Waals surface area contributed by atoms with Crippen LogP contribution in [0.3, 0.4) is 0 Å². The lowest BCUT2D eigenvalue weighted by Crippen LogP contribution is -2.09. The quantitative estimate of drug-likeness (QED) is 0.826. The monoisotopic (exact) mass is 247 g/mol. The van der Waals surface area contributed by atoms with Crippen molar-refractivity contribution in [3.63, 3.8) is 0 Å². The smallest absolute Gasteiger partial charge is 0.0436 e. The van der Waals surface area contributed by atoms with Crippen LogP contribution in [-0.2, 0) is 0 Å². The maximum absolute atomic E-state index is 9.21. The molecule has 0 aromatic carbocycles. The van der Waals surface area contributed by atoms with Crippen molar-refractivity contribution in [2.75, 3.05) is 6.61 Å². The van der Waals surface area contributed by atoms with E-state index in [1.807, 2.05) is 18.5 Å². The molecule has 1 aliphatic carbocycles. The van der Waals surface area contributed by atoms with Crippen molar-refractivity contribution in [2.45, 2.75) is 57.3 Å². The van der Waals surface area contributed by atoms with E-state index in [-0.39, 0.29) is 6.61 Å². The third-order valence-corrected chi connectivity index (χ3v) is 4.28. The van der Waals surface area contributed by atoms with Crippen molar-refractivity contribution in [1.29, 1.82) is 0 Å². The predicted molar refractivity (Wildman–Crippen MR) is 74.5 cm³/mol. The van der Waals surface area contributed by atoms with Crippen LogP contribution in [0, 0.1) is 5.92 Å². The SMILES string of the molecule is OCCC(CCC1CCCCC1)c1cccnc1. The molecule has 1 fully saturated rings. The van der Waals surface area contributed by atoms with E-state index in [1.165, 1.54) is 50.5 Å². The number of hydrogen-bond acceptors (Lipinski definition) is 2. The summed E-state index contributed by atoms with van der Waals surface area (Å²) in [6, 6.07) is 4.15. The Morgan fingerprint density at radius 2 is 2.06 bits per heavy atom. The molecular weight excluding hydrogens is 222 g/mol. The fourth-order valence-corrected chi connectivity index (χ4v) is 3.16. The molecule has 1 aromatic heterocycles. The normalized spacial score (nSPS) is 18.7. The first kappa shape index (κ1) is 13.5. The number of aromatic nitrogens is 1. The van der Waals surface area contributed by atoms with E-state index in [2.05, 4.69) is 11.1 Å². The summed E-state index contributed by atoms with van der Waals surface area (Å²) in [5.74, 6) is 1.42. The second-order valence-corrected chi connectivity index (χ2v) is 5.58. The Hall–Kier alpha value is -0.890. The van der Waals surface area contributed by atoms with Gasteiger partial charge in [0, 0.05) is 19.0 Å². The second kappa shape index (κ2) is 7.52. The van der Waals surface area contributed by atoms with Gasteiger partial charge in [0.05, 0.1) is 0 Å². The van der Waals surface area contributed by atoms with Gasteiger partial charge in [-0.05, 0) is 42.7 Å². The van der Waals surface area contributed by atoms with Crippen LogP contribution in [0.5, 0.6) is 0 Å². The highest BCUT2D eigenvalue weighted by Crippen LogP contribution is 2.32. The number of hydrogen-bond donors (Lipinski definition) is 1. The van der Waals surface area contributed by atoms with Crippen molar-refractivity contribution < 1.29 is 5.11 Å². The fourth-order valence-electron chi connectivity index (χ4n) is 3.16. The molecule has 2 heteroatoms. The van der Waals surface area contributed by atoms with Crippen LogP contribution >= 0.6 is 0 Å². The first-order chi connectivity index (χ1) is 8.90. The molecule has 2 rings (SSSR count). The van der Waals surface area contributed by atoms with Crippen molar-refractivity contribution in [1.82, 2.24) is 4.98 Å². The molecule has 1 N–H and O–H groups in total. The highest BCUT2D eigenvalue weighted by Gasteiger charge is 2.17. The zero-order chi connectivity index (χ0) is 12.6. The predicted octanol–water partition coefficient (Wildman–Crippen LogP) is 3.91. The van der Waals surface area contributed by atoms with Crippen molar-refractivity contribution in [3.05, 3.63) is 30.1 Å². The lowest BCUT2D eigenvalue weighted by atomic mass is 9.82. The van der Waals surface area contributed by atoms with E-state index in [0.29, 0.717) is 5.92 Å². The lowest BCUT2D eigenvalue weighted by molar-refractivity contribution is 0.262. The molecule has 0 spiro atoms. The van der Waals surface area contributed by atoms with E-state index in [0.717, 1.165) is 12.3 Å². The van der Waals surface area contributed by atoms with Gasteiger partial charge in [0.25, 0.3) is 0 Å². The minimum Gasteiger partial charge on any atom is -0.396 e. The maximum atomic E-state index is 9.21. The molecule has 1 saturated carbocycles. The highest BCUT2D eigenvalue weighted by molar-refractivity contribution is 5.14. The van der Waals surface area contributed by atoms with Crippen LogP contribution in [0.2, 0.25) is 0 Å². The van der Waals surface area contributed by atoms with Gasteiger partial charge in [-0.25, -0.2) is 0 Å². The van der Waals surface area contributed by atoms with Gasteiger partial charge in [0.2, 0.25) is 0 Å². The average molecular weight is 247 g/mol. The van der Waals surface area contributed by atoms with Gasteiger partial charge in [-0.2, -0.15) is 0 Å². The maximum Gasteiger partial charge on any atom is 0.0436 e. The van der Waals surface area contributed by atoms with Crippen LogP contribution in [0.25, 0.3) is 0 Å². The minimum atomic E-state index is 0.282. The van der Waals surface area contributed by atoms with E-state index < -0.39 is 0 Å². The molecular formula is C16H25NO. The van der Waals surface area contributed by atoms with Gasteiger partial charge < -0.3 is 5.11 Å². The summed E-state index contributed by atoms with van der Waals surface area (Å²) >= 11 is 0. The van der Waals surface area contributed by atoms with Crippen molar-refractivity contribution >= 4 is 0 Å². The molecule has 1 unspecified atom stereocenters. The zero-order valence-electron chi connectivity index (χ0n) is 11.2. The second-order valence-electron chi connectivity index (χ2n) is 5.58. The molecule has 0 amide bonds. The van der Waals surface area contributed by atoms with Crippen LogP contribution in [-0.4, -0.2) is 16.7 Å². The molecule has 2 nitrogen and oxygen atoms in total. The Bertz CT molecular complexity index is 319. The fraction of sp³-hybridized carbons (Fsp3) is 0.688. The average Bonchev–Trinajstić information content (AvgIpc) is 2.45. The van der Waals surface area contributed by atoms with Gasteiger partial charge in [0.1, 0.15) is 0 Å². The summed E-state index contributed by atoms with van der Waals surface area (Å²) in [5.41, 5.74) is 1.29. The topological polar surface area (TPSA) is 33.1 Å². The zero-order valence-corrected chi connectivity index (χ0v) is 11.2. The van der Waals surface area contributed by atoms with E-state index >= 15 is 0 Å². The van der Waals surface area contributed by atoms with Crippen LogP contribution in [0.15, 0.2) is 24.5 Å². The summed E-state index contributed by atoms with van der Waals surface area (Å²) in [5, 5.41) is 9.21. The highest BCUT2D eigenvalue weighted by atomic mass is 16.3. The van der Waals surface area contributed by atoms with E-state index in [1.54, 1.807) is 0 Å². The van der Waals surface area contributed by atoms with Gasteiger partial charge in [-0.3, -0.25) is 4.98 Å². The Kier molecular flexibility index (Phi) is 5.66. The van der Waals surface area contributed by atoms with Gasteiger partial charge in [-0.1, -0.05) is 38.2 Å². The molecule has 100 valence electrons. The standard InChI is InChI=1S/C16H25NO/c18-12-10-15(16-7-4-11-17-13-16)9-8-14-5-2-1-3-6-14/h4,7,11,13-15,18H,1-3,5-6,8-10,12H2. The number of nitrogens with zero attached hydrogens (tertiary/aromatic N) is 1. The molecule has 1 atom stereocenters. The van der Waals surface area contributed by atoms with Crippen LogP contribution in [0.1, 0.15) is 62.8 Å². The molecule has 18 heavy (non-hydrogen) atoms. The molecule has 1 heterocycles. The molecule has 1 aromatic rings. The number of aliphatic hydroxyl groups excluding tert-OH is 1. The third kappa shape index (κ3) is 4.09. The van der Waals surface area contributed by atoms with Gasteiger partial charge in [0.15, 0.2) is 0 Å². The summed E-state index contributed by atoms with van der Waals surface area (Å²) in [7, 11) is 0. The summed E-state index contributed by atoms with van der Waals surface area (Å²) < 4.78 is 0. The lowest BCUT2D eigenvalue weighted by Gasteiger charge is -2.24. The van der Waals surface area contributed by atoms with E-state index in [4.69, 9.17) is 0 Å². The summed E-state index contributed by atoms with van der Waals surface area (Å²) in [4.78, 5) is 4.20. The largest absolute Gasteiger partial charge is 0.396 e. The number of pyridine rings is 1. The first-order valence-electron chi connectivity index (χ1n) is 7.41. The Balaban J connectivity index is 1.86. The van der Waals surface area contributed by atoms with Crippen molar-refractivity contribution in [3.8, 4) is 0 Å². The number of rotatable bonds is 6. The molecule has 0 aliphatic heterocycles. The molecule has 0 saturated heterocycles. The van der Waals surface area contributed by atoms with Crippen LogP contribution < -0.4 is 0 Å². The summed E-state index contributed by atoms with van der Waals surface area (Å²) in [6.07, 6.45) is 14.3. The first-order valence-corrected chi connectivity index (χ1v) is 7.41. The molecule has 0 radical (unpaired) electrons. The van der Waals surface area contributed by atoms with Gasteiger partial charge in [-0.15, -0.1) is 0 Å².